The zero-order chi connectivity index (χ0) is 40.8. The van der Waals surface area contributed by atoms with Gasteiger partial charge in [-0.3, -0.25) is 0 Å². The third-order valence-electron chi connectivity index (χ3n) is 13.0. The smallest absolute Gasteiger partial charge is 0.164 e. The van der Waals surface area contributed by atoms with Crippen LogP contribution in [0, 0.1) is 0 Å². The summed E-state index contributed by atoms with van der Waals surface area (Å²) in [4.78, 5) is 15.2. The molecule has 4 heteroatoms. The van der Waals surface area contributed by atoms with Gasteiger partial charge in [0.05, 0.1) is 5.41 Å². The number of aromatic nitrogens is 3. The zero-order valence-electron chi connectivity index (χ0n) is 33.5. The lowest BCUT2D eigenvalue weighted by molar-refractivity contribution is 0.794. The summed E-state index contributed by atoms with van der Waals surface area (Å²) in [5.41, 5.74) is 18.1. The molecule has 13 rings (SSSR count). The largest absolute Gasteiger partial charge is 0.208 e. The van der Waals surface area contributed by atoms with Crippen LogP contribution in [0.2, 0.25) is 0 Å². The monoisotopic (exact) mass is 805 g/mol. The van der Waals surface area contributed by atoms with Crippen molar-refractivity contribution in [2.75, 3.05) is 0 Å². The third-order valence-corrected chi connectivity index (χ3v) is 14.1. The Morgan fingerprint density at radius 2 is 0.790 bits per heavy atom. The van der Waals surface area contributed by atoms with E-state index in [1.54, 1.807) is 0 Å². The Morgan fingerprint density at radius 3 is 1.45 bits per heavy atom. The van der Waals surface area contributed by atoms with Crippen molar-refractivity contribution < 1.29 is 0 Å². The summed E-state index contributed by atoms with van der Waals surface area (Å²) in [6, 6.07) is 76.9. The number of nitrogens with zero attached hydrogens (tertiary/aromatic N) is 3. The van der Waals surface area contributed by atoms with Crippen molar-refractivity contribution in [2.24, 2.45) is 0 Å². The SMILES string of the molecule is c1ccc(-c2nc(-c3ccccc3)nc(-c3cccc4sc5ccc(-c6ccc(-c7cccc8c7-c7ccccc7C87c8ccccc8-c8ccccc87)cc6)cc5c34)n2)cc1. The molecule has 11 aromatic rings. The first-order valence-electron chi connectivity index (χ1n) is 21.1. The maximum atomic E-state index is 5.12. The summed E-state index contributed by atoms with van der Waals surface area (Å²) in [5.74, 6) is 1.99. The Hall–Kier alpha value is -7.79. The molecular weight excluding hydrogens is 771 g/mol. The van der Waals surface area contributed by atoms with Gasteiger partial charge in [-0.1, -0.05) is 194 Å². The summed E-state index contributed by atoms with van der Waals surface area (Å²) < 4.78 is 2.44. The molecule has 3 nitrogen and oxygen atoms in total. The van der Waals surface area contributed by atoms with Gasteiger partial charge in [-0.15, -0.1) is 11.3 Å². The van der Waals surface area contributed by atoms with Crippen LogP contribution in [-0.2, 0) is 5.41 Å². The van der Waals surface area contributed by atoms with E-state index in [2.05, 4.69) is 176 Å². The molecule has 2 aliphatic carbocycles. The van der Waals surface area contributed by atoms with Crippen LogP contribution in [0.25, 0.3) is 98.8 Å². The fraction of sp³-hybridized carbons (Fsp3) is 0.0172. The highest BCUT2D eigenvalue weighted by Crippen LogP contribution is 2.64. The third kappa shape index (κ3) is 5.08. The molecule has 0 saturated heterocycles. The molecule has 0 saturated carbocycles. The first-order chi connectivity index (χ1) is 30.7. The maximum Gasteiger partial charge on any atom is 0.164 e. The molecule has 0 aliphatic heterocycles. The summed E-state index contributed by atoms with van der Waals surface area (Å²) >= 11 is 1.81. The van der Waals surface area contributed by atoms with Gasteiger partial charge in [0, 0.05) is 36.9 Å². The highest BCUT2D eigenvalue weighted by atomic mass is 32.1. The van der Waals surface area contributed by atoms with E-state index in [4.69, 9.17) is 15.0 Å². The molecule has 0 unspecified atom stereocenters. The Kier molecular flexibility index (Phi) is 7.69. The molecule has 2 heterocycles. The number of benzene rings is 9. The predicted octanol–water partition coefficient (Wildman–Crippen LogP) is 14.9. The van der Waals surface area contributed by atoms with E-state index < -0.39 is 0 Å². The molecule has 0 N–H and O–H groups in total. The van der Waals surface area contributed by atoms with Crippen molar-refractivity contribution in [3.8, 4) is 78.7 Å². The van der Waals surface area contributed by atoms with Crippen molar-refractivity contribution in [3.05, 3.63) is 235 Å². The highest BCUT2D eigenvalue weighted by Gasteiger charge is 2.51. The number of hydrogen-bond donors (Lipinski definition) is 0. The van der Waals surface area contributed by atoms with Gasteiger partial charge in [-0.05, 0) is 85.0 Å². The lowest BCUT2D eigenvalue weighted by Gasteiger charge is -2.30. The average Bonchev–Trinajstić information content (AvgIpc) is 3.98. The second-order valence-electron chi connectivity index (χ2n) is 16.2. The van der Waals surface area contributed by atoms with Crippen LogP contribution in [0.3, 0.4) is 0 Å². The standard InChI is InChI=1S/C58H35N3S/c1-3-15-38(16-4-1)55-59-56(39-17-5-2-6-18-39)61-57(60-55)45-23-14-28-52-54(45)46-35-40(33-34-51(46)62-52)36-29-31-37(32-30-36)41-22-13-27-50-53(41)44-21-9-12-26-49(44)58(50)47-24-10-7-19-42(47)43-20-8-11-25-48(43)58/h1-35H. The maximum absolute atomic E-state index is 5.12. The van der Waals surface area contributed by atoms with Crippen molar-refractivity contribution in [1.82, 2.24) is 15.0 Å². The fourth-order valence-electron chi connectivity index (χ4n) is 10.3. The van der Waals surface area contributed by atoms with Gasteiger partial charge < -0.3 is 0 Å². The first kappa shape index (κ1) is 35.0. The summed E-state index contributed by atoms with van der Waals surface area (Å²) in [5, 5.41) is 2.36. The summed E-state index contributed by atoms with van der Waals surface area (Å²) in [6.45, 7) is 0. The molecule has 9 aromatic carbocycles. The first-order valence-corrected chi connectivity index (χ1v) is 21.9. The lowest BCUT2D eigenvalue weighted by Crippen LogP contribution is -2.25. The van der Waals surface area contributed by atoms with E-state index in [0.717, 1.165) is 22.1 Å². The molecule has 2 aliphatic rings. The topological polar surface area (TPSA) is 38.7 Å². The van der Waals surface area contributed by atoms with Crippen LogP contribution >= 0.6 is 11.3 Å². The molecule has 1 spiro atoms. The number of fused-ring (bicyclic) bond motifs is 13. The zero-order valence-corrected chi connectivity index (χ0v) is 34.3. The van der Waals surface area contributed by atoms with Crippen molar-refractivity contribution in [3.63, 3.8) is 0 Å². The van der Waals surface area contributed by atoms with E-state index >= 15 is 0 Å². The summed E-state index contributed by atoms with van der Waals surface area (Å²) in [7, 11) is 0. The molecule has 62 heavy (non-hydrogen) atoms. The van der Waals surface area contributed by atoms with E-state index in [1.807, 2.05) is 47.7 Å². The van der Waals surface area contributed by atoms with E-state index in [9.17, 15) is 0 Å². The average molecular weight is 806 g/mol. The van der Waals surface area contributed by atoms with Crippen molar-refractivity contribution >= 4 is 31.5 Å². The lowest BCUT2D eigenvalue weighted by atomic mass is 9.70. The second-order valence-corrected chi connectivity index (χ2v) is 17.3. The minimum Gasteiger partial charge on any atom is -0.208 e. The Labute approximate surface area is 363 Å². The van der Waals surface area contributed by atoms with E-state index in [-0.39, 0.29) is 5.41 Å². The van der Waals surface area contributed by atoms with Crippen LogP contribution in [-0.4, -0.2) is 15.0 Å². The summed E-state index contributed by atoms with van der Waals surface area (Å²) in [6.07, 6.45) is 0. The Bertz CT molecular complexity index is 3470. The van der Waals surface area contributed by atoms with Gasteiger partial charge in [0.2, 0.25) is 0 Å². The molecule has 0 amide bonds. The van der Waals surface area contributed by atoms with Gasteiger partial charge in [0.25, 0.3) is 0 Å². The predicted molar refractivity (Wildman–Crippen MR) is 256 cm³/mol. The number of hydrogen-bond acceptors (Lipinski definition) is 4. The van der Waals surface area contributed by atoms with E-state index in [0.29, 0.717) is 17.5 Å². The van der Waals surface area contributed by atoms with Gasteiger partial charge in [-0.25, -0.2) is 15.0 Å². The molecule has 2 aromatic heterocycles. The molecule has 0 radical (unpaired) electrons. The normalized spacial score (nSPS) is 13.0. The van der Waals surface area contributed by atoms with Crippen LogP contribution < -0.4 is 0 Å². The van der Waals surface area contributed by atoms with E-state index in [1.165, 1.54) is 81.5 Å². The van der Waals surface area contributed by atoms with Gasteiger partial charge >= 0.3 is 0 Å². The quantitative estimate of drug-likeness (QED) is 0.174. The molecule has 288 valence electrons. The highest BCUT2D eigenvalue weighted by molar-refractivity contribution is 7.26. The van der Waals surface area contributed by atoms with Crippen LogP contribution in [0.15, 0.2) is 212 Å². The van der Waals surface area contributed by atoms with Crippen LogP contribution in [0.4, 0.5) is 0 Å². The number of thiophene rings is 1. The Balaban J connectivity index is 0.929. The van der Waals surface area contributed by atoms with Gasteiger partial charge in [-0.2, -0.15) is 0 Å². The molecule has 0 fully saturated rings. The van der Waals surface area contributed by atoms with Crippen molar-refractivity contribution in [2.45, 2.75) is 5.41 Å². The molecular formula is C58H35N3S. The molecule has 0 atom stereocenters. The minimum atomic E-state index is -0.361. The minimum absolute atomic E-state index is 0.361. The van der Waals surface area contributed by atoms with Crippen molar-refractivity contribution in [1.29, 1.82) is 0 Å². The van der Waals surface area contributed by atoms with Crippen LogP contribution in [0.5, 0.6) is 0 Å². The fourth-order valence-corrected chi connectivity index (χ4v) is 11.5. The molecule has 0 bridgehead atoms. The Morgan fingerprint density at radius 1 is 0.306 bits per heavy atom. The van der Waals surface area contributed by atoms with Gasteiger partial charge in [0.15, 0.2) is 17.5 Å². The van der Waals surface area contributed by atoms with Gasteiger partial charge in [0.1, 0.15) is 0 Å². The van der Waals surface area contributed by atoms with Crippen LogP contribution in [0.1, 0.15) is 22.3 Å². The number of rotatable bonds is 5. The second kappa shape index (κ2) is 13.6.